The van der Waals surface area contributed by atoms with Gasteiger partial charge in [-0.3, -0.25) is 9.69 Å². The van der Waals surface area contributed by atoms with Crippen LogP contribution in [-0.4, -0.2) is 50.2 Å². The van der Waals surface area contributed by atoms with Crippen molar-refractivity contribution in [3.8, 4) is 6.07 Å². The Bertz CT molecular complexity index is 782. The van der Waals surface area contributed by atoms with E-state index < -0.39 is 21.1 Å². The topological polar surface area (TPSA) is 90.3 Å². The average Bonchev–Trinajstić information content (AvgIpc) is 3.12. The Morgan fingerprint density at radius 3 is 2.56 bits per heavy atom. The van der Waals surface area contributed by atoms with Gasteiger partial charge >= 0.3 is 0 Å². The Morgan fingerprint density at radius 2 is 1.89 bits per heavy atom. The van der Waals surface area contributed by atoms with Crippen molar-refractivity contribution < 1.29 is 13.2 Å². The van der Waals surface area contributed by atoms with Gasteiger partial charge < -0.3 is 5.32 Å². The van der Waals surface area contributed by atoms with Crippen LogP contribution in [0.1, 0.15) is 38.5 Å². The first kappa shape index (κ1) is 19.8. The SMILES string of the molecule is N#CCNC(=O)C1CC(S(=O)(=O)c2ccccc2)CN1CC1CCCCC1. The average molecular weight is 390 g/mol. The molecule has 1 aromatic rings. The van der Waals surface area contributed by atoms with E-state index in [1.807, 2.05) is 11.0 Å². The third kappa shape index (κ3) is 4.69. The zero-order valence-electron chi connectivity index (χ0n) is 15.5. The summed E-state index contributed by atoms with van der Waals surface area (Å²) in [6, 6.07) is 9.90. The van der Waals surface area contributed by atoms with Gasteiger partial charge in [-0.15, -0.1) is 0 Å². The van der Waals surface area contributed by atoms with Gasteiger partial charge in [-0.1, -0.05) is 37.5 Å². The number of nitrogens with zero attached hydrogens (tertiary/aromatic N) is 2. The zero-order valence-corrected chi connectivity index (χ0v) is 16.3. The van der Waals surface area contributed by atoms with Gasteiger partial charge in [0.1, 0.15) is 6.54 Å². The highest BCUT2D eigenvalue weighted by molar-refractivity contribution is 7.92. The van der Waals surface area contributed by atoms with E-state index in [-0.39, 0.29) is 18.9 Å². The minimum Gasteiger partial charge on any atom is -0.342 e. The van der Waals surface area contributed by atoms with Crippen molar-refractivity contribution in [2.75, 3.05) is 19.6 Å². The first-order valence-corrected chi connectivity index (χ1v) is 11.2. The summed E-state index contributed by atoms with van der Waals surface area (Å²) >= 11 is 0. The Labute approximate surface area is 161 Å². The van der Waals surface area contributed by atoms with Gasteiger partial charge in [0.05, 0.1) is 22.3 Å². The van der Waals surface area contributed by atoms with Gasteiger partial charge in [0.2, 0.25) is 5.91 Å². The predicted molar refractivity (Wildman–Crippen MR) is 103 cm³/mol. The van der Waals surface area contributed by atoms with Crippen molar-refractivity contribution in [1.29, 1.82) is 5.26 Å². The van der Waals surface area contributed by atoms with E-state index in [9.17, 15) is 13.2 Å². The lowest BCUT2D eigenvalue weighted by Crippen LogP contribution is -2.45. The molecule has 146 valence electrons. The molecule has 0 spiro atoms. The van der Waals surface area contributed by atoms with Crippen molar-refractivity contribution in [3.63, 3.8) is 0 Å². The summed E-state index contributed by atoms with van der Waals surface area (Å²) in [7, 11) is -3.49. The normalized spacial score (nSPS) is 24.4. The van der Waals surface area contributed by atoms with E-state index in [2.05, 4.69) is 5.32 Å². The molecule has 2 unspecified atom stereocenters. The van der Waals surface area contributed by atoms with Crippen molar-refractivity contribution in [2.45, 2.75) is 54.7 Å². The molecule has 2 atom stereocenters. The smallest absolute Gasteiger partial charge is 0.238 e. The van der Waals surface area contributed by atoms with Gasteiger partial charge in [0.15, 0.2) is 9.84 Å². The lowest BCUT2D eigenvalue weighted by atomic mass is 9.89. The molecule has 1 saturated carbocycles. The first-order valence-electron chi connectivity index (χ1n) is 9.70. The van der Waals surface area contributed by atoms with Crippen molar-refractivity contribution in [3.05, 3.63) is 30.3 Å². The number of nitriles is 1. The minimum absolute atomic E-state index is 0.0529. The summed E-state index contributed by atoms with van der Waals surface area (Å²) in [5.74, 6) is 0.279. The molecule has 1 aromatic carbocycles. The molecule has 1 aliphatic heterocycles. The molecular formula is C20H27N3O3S. The van der Waals surface area contributed by atoms with Crippen LogP contribution in [0.25, 0.3) is 0 Å². The fourth-order valence-corrected chi connectivity index (χ4v) is 6.05. The number of hydrogen-bond donors (Lipinski definition) is 1. The first-order chi connectivity index (χ1) is 13.0. The van der Waals surface area contributed by atoms with E-state index in [4.69, 9.17) is 5.26 Å². The molecule has 1 aliphatic carbocycles. The van der Waals surface area contributed by atoms with E-state index in [0.717, 1.165) is 19.4 Å². The minimum atomic E-state index is -3.49. The third-order valence-corrected chi connectivity index (χ3v) is 7.89. The summed E-state index contributed by atoms with van der Waals surface area (Å²) in [6.45, 7) is 1.08. The molecule has 27 heavy (non-hydrogen) atoms. The van der Waals surface area contributed by atoms with Gasteiger partial charge in [0, 0.05) is 13.1 Å². The number of rotatable bonds is 6. The lowest BCUT2D eigenvalue weighted by Gasteiger charge is -2.30. The number of likely N-dealkylation sites (tertiary alicyclic amines) is 1. The van der Waals surface area contributed by atoms with E-state index in [0.29, 0.717) is 17.4 Å². The maximum atomic E-state index is 13.0. The third-order valence-electron chi connectivity index (χ3n) is 5.74. The zero-order chi connectivity index (χ0) is 19.3. The quantitative estimate of drug-likeness (QED) is 0.753. The lowest BCUT2D eigenvalue weighted by molar-refractivity contribution is -0.125. The maximum absolute atomic E-state index is 13.0. The molecule has 1 heterocycles. The molecule has 0 radical (unpaired) electrons. The van der Waals surface area contributed by atoms with Gasteiger partial charge in [-0.2, -0.15) is 5.26 Å². The van der Waals surface area contributed by atoms with Crippen LogP contribution >= 0.6 is 0 Å². The summed E-state index contributed by atoms with van der Waals surface area (Å²) in [5.41, 5.74) is 0. The molecule has 7 heteroatoms. The van der Waals surface area contributed by atoms with Crippen LogP contribution in [0, 0.1) is 17.2 Å². The van der Waals surface area contributed by atoms with Crippen LogP contribution in [0.15, 0.2) is 35.2 Å². The van der Waals surface area contributed by atoms with Gasteiger partial charge in [-0.05, 0) is 37.3 Å². The Morgan fingerprint density at radius 1 is 1.19 bits per heavy atom. The fraction of sp³-hybridized carbons (Fsp3) is 0.600. The molecular weight excluding hydrogens is 362 g/mol. The van der Waals surface area contributed by atoms with E-state index >= 15 is 0 Å². The number of hydrogen-bond acceptors (Lipinski definition) is 5. The molecule has 0 aromatic heterocycles. The highest BCUT2D eigenvalue weighted by Crippen LogP contribution is 2.31. The van der Waals surface area contributed by atoms with Gasteiger partial charge in [-0.25, -0.2) is 8.42 Å². The van der Waals surface area contributed by atoms with Crippen molar-refractivity contribution >= 4 is 15.7 Å². The molecule has 1 amide bonds. The summed E-state index contributed by atoms with van der Waals surface area (Å²) < 4.78 is 26.1. The summed E-state index contributed by atoms with van der Waals surface area (Å²) in [4.78, 5) is 14.9. The Balaban J connectivity index is 1.77. The maximum Gasteiger partial charge on any atom is 0.238 e. The molecule has 3 rings (SSSR count). The molecule has 1 N–H and O–H groups in total. The van der Waals surface area contributed by atoms with E-state index in [1.54, 1.807) is 30.3 Å². The number of sulfone groups is 1. The molecule has 2 aliphatic rings. The predicted octanol–water partition coefficient (Wildman–Crippen LogP) is 2.12. The highest BCUT2D eigenvalue weighted by atomic mass is 32.2. The number of amides is 1. The molecule has 1 saturated heterocycles. The second-order valence-corrected chi connectivity index (χ2v) is 9.79. The van der Waals surface area contributed by atoms with Crippen LogP contribution < -0.4 is 5.32 Å². The summed E-state index contributed by atoms with van der Waals surface area (Å²) in [5, 5.41) is 10.8. The van der Waals surface area contributed by atoms with Gasteiger partial charge in [0.25, 0.3) is 0 Å². The number of nitrogens with one attached hydrogen (secondary N) is 1. The monoisotopic (exact) mass is 389 g/mol. The Kier molecular flexibility index (Phi) is 6.51. The van der Waals surface area contributed by atoms with Crippen LogP contribution in [0.2, 0.25) is 0 Å². The standard InChI is InChI=1S/C20H27N3O3S/c21-11-12-22-20(24)19-13-18(27(25,26)17-9-5-2-6-10-17)15-23(19)14-16-7-3-1-4-8-16/h2,5-6,9-10,16,18-19H,1,3-4,7-8,12-15H2,(H,22,24). The van der Waals surface area contributed by atoms with Crippen molar-refractivity contribution in [2.24, 2.45) is 5.92 Å². The van der Waals surface area contributed by atoms with Crippen LogP contribution in [0.4, 0.5) is 0 Å². The van der Waals surface area contributed by atoms with E-state index in [1.165, 1.54) is 19.3 Å². The van der Waals surface area contributed by atoms with Crippen molar-refractivity contribution in [1.82, 2.24) is 10.2 Å². The van der Waals surface area contributed by atoms with Crippen LogP contribution in [0.3, 0.4) is 0 Å². The van der Waals surface area contributed by atoms with Crippen LogP contribution in [-0.2, 0) is 14.6 Å². The largest absolute Gasteiger partial charge is 0.342 e. The Hall–Kier alpha value is -1.91. The number of carbonyl (C=O) groups excluding carboxylic acids is 1. The fourth-order valence-electron chi connectivity index (χ4n) is 4.31. The summed E-state index contributed by atoms with van der Waals surface area (Å²) in [6.07, 6.45) is 6.22. The molecule has 2 fully saturated rings. The number of carbonyl (C=O) groups is 1. The number of benzene rings is 1. The second kappa shape index (κ2) is 8.85. The molecule has 0 bridgehead atoms. The van der Waals surface area contributed by atoms with Crippen LogP contribution in [0.5, 0.6) is 0 Å². The molecule has 6 nitrogen and oxygen atoms in total. The second-order valence-electron chi connectivity index (χ2n) is 7.57. The highest BCUT2D eigenvalue weighted by Gasteiger charge is 2.43.